The summed E-state index contributed by atoms with van der Waals surface area (Å²) in [5.74, 6) is -14.4. The van der Waals surface area contributed by atoms with Gasteiger partial charge in [-0.05, 0) is 111 Å². The van der Waals surface area contributed by atoms with Gasteiger partial charge in [-0.3, -0.25) is 62.3 Å². The smallest absolute Gasteiger partial charge is 0.329 e. The van der Waals surface area contributed by atoms with Gasteiger partial charge in [-0.15, -0.1) is 0 Å². The van der Waals surface area contributed by atoms with E-state index >= 15 is 9.59 Å². The van der Waals surface area contributed by atoms with Crippen molar-refractivity contribution in [1.29, 1.82) is 0 Å². The van der Waals surface area contributed by atoms with Gasteiger partial charge in [0.05, 0.1) is 0 Å². The number of benzene rings is 2. The van der Waals surface area contributed by atoms with Crippen LogP contribution in [0.5, 0.6) is 0 Å². The minimum absolute atomic E-state index is 0.0326. The lowest BCUT2D eigenvalue weighted by molar-refractivity contribution is -0.157. The van der Waals surface area contributed by atoms with Gasteiger partial charge >= 0.3 is 5.97 Å². The third kappa shape index (κ3) is 28.3. The van der Waals surface area contributed by atoms with Crippen LogP contribution in [0, 0.1) is 47.3 Å². The summed E-state index contributed by atoms with van der Waals surface area (Å²) in [7, 11) is 0. The van der Waals surface area contributed by atoms with Crippen LogP contribution in [0.1, 0.15) is 194 Å². The maximum atomic E-state index is 15.1. The Kier molecular flexibility index (Phi) is 38.0. The highest BCUT2D eigenvalue weighted by atomic mass is 16.5. The lowest BCUT2D eigenvalue weighted by atomic mass is 9.95. The molecule has 0 aliphatic carbocycles. The Balaban J connectivity index is 1.65. The standard InChI is InChI=1S/C80H126N14O15/c1-19-49(16)65(77(105)93-67-51(18)109-80(108)64(48(14)15)90-68(96)54(21-3)82-70(98)56(41-52-32-24-22-25-33-52)84-74(102)61(45(8)9)88-76(104)66(50(17)20-2)92-78(67)106)91-69(97)55(36-29-39-81)83-72(100)58-37-30-40-94(58)79(107)63(47(12)13)89-75(103)62(46(10)11)87-71(99)57(42-53-34-26-23-27-35-53)85-73(101)60(44(6)7)86-59(95)38-28-31-43(4)5/h21-27,32-35,43-51,55-58,60-67H,19-20,28-31,36-42,81H2,1-18H3,(H,82,98)(H,83,100)(H,84,102)(H,85,101)(H,86,95)(H,87,99)(H,88,104)(H,89,103)(H,90,96)(H,91,97)(H,92,106)(H,93,105)/b54-21-/t49-,50-,51+,55+,56+,57+,58-,60-,61-,62+,63-,64+,65-,66-,67-/m1/s1. The van der Waals surface area contributed by atoms with Gasteiger partial charge in [0.1, 0.15) is 84.3 Å². The molecule has 2 aromatic carbocycles. The number of hydrogen-bond acceptors (Lipinski definition) is 16. The van der Waals surface area contributed by atoms with E-state index in [1.54, 1.807) is 152 Å². The Hall–Kier alpha value is -9.28. The van der Waals surface area contributed by atoms with Crippen molar-refractivity contribution in [2.24, 2.45) is 53.1 Å². The van der Waals surface area contributed by atoms with Crippen molar-refractivity contribution < 1.29 is 71.9 Å². The summed E-state index contributed by atoms with van der Waals surface area (Å²) < 4.78 is 5.98. The molecule has 606 valence electrons. The molecule has 2 aliphatic heterocycles. The second kappa shape index (κ2) is 45.0. The second-order valence-corrected chi connectivity index (χ2v) is 31.2. The minimum Gasteiger partial charge on any atom is -0.458 e. The number of cyclic esters (lactones) is 1. The van der Waals surface area contributed by atoms with E-state index in [2.05, 4.69) is 77.6 Å². The van der Waals surface area contributed by atoms with Gasteiger partial charge < -0.3 is 79.2 Å². The van der Waals surface area contributed by atoms with E-state index in [1.807, 2.05) is 6.07 Å². The number of allylic oxidation sites excluding steroid dienone is 1. The van der Waals surface area contributed by atoms with Crippen LogP contribution >= 0.6 is 0 Å². The van der Waals surface area contributed by atoms with Crippen LogP contribution in [0.3, 0.4) is 0 Å². The number of esters is 1. The number of hydrogen-bond donors (Lipinski definition) is 13. The molecule has 29 nitrogen and oxygen atoms in total. The molecule has 109 heavy (non-hydrogen) atoms. The van der Waals surface area contributed by atoms with Gasteiger partial charge in [-0.2, -0.15) is 0 Å². The molecular formula is C80H126N14O15. The summed E-state index contributed by atoms with van der Waals surface area (Å²) in [5.41, 5.74) is 7.08. The zero-order valence-electron chi connectivity index (χ0n) is 67.3. The predicted molar refractivity (Wildman–Crippen MR) is 414 cm³/mol. The SMILES string of the molecule is C/C=C1\NC(=O)[C@H](Cc2ccccc2)NC(=O)[C@@H](C(C)C)NC(=O)[C@@H]([C@H](C)CC)NC(=O)[C@H](NC(=O)[C@H](NC(=O)[C@H](CCCN)NC(=O)[C@H]2CCCN2C(=O)[C@H](NC(=O)[C@@H](NC(=O)[C@H](Cc2ccccc2)NC(=O)[C@H](NC(=O)CCCC(C)C)C(C)C)C(C)C)C(C)C)[C@H](C)CC)[C@H](C)OC(=O)[C@H](C(C)C)NC1=O. The van der Waals surface area contributed by atoms with Crippen LogP contribution in [0.2, 0.25) is 0 Å². The van der Waals surface area contributed by atoms with Crippen molar-refractivity contribution in [3.05, 3.63) is 83.6 Å². The van der Waals surface area contributed by atoms with Crippen LogP contribution in [0.25, 0.3) is 0 Å². The monoisotopic (exact) mass is 1520 g/mol. The molecule has 0 aromatic heterocycles. The molecule has 0 radical (unpaired) electrons. The number of ether oxygens (including phenoxy) is 1. The summed E-state index contributed by atoms with van der Waals surface area (Å²) >= 11 is 0. The number of amides is 13. The lowest BCUT2D eigenvalue weighted by Gasteiger charge is -2.33. The van der Waals surface area contributed by atoms with Gasteiger partial charge in [0.15, 0.2) is 0 Å². The topological polar surface area (TPSA) is 422 Å². The number of carbonyl (C=O) groups is 14. The zero-order chi connectivity index (χ0) is 81.7. The fraction of sp³-hybridized carbons (Fsp3) is 0.650. The van der Waals surface area contributed by atoms with Crippen molar-refractivity contribution >= 4 is 82.8 Å². The summed E-state index contributed by atoms with van der Waals surface area (Å²) in [6.07, 6.45) is 2.67. The highest BCUT2D eigenvalue weighted by Crippen LogP contribution is 2.23. The van der Waals surface area contributed by atoms with Crippen molar-refractivity contribution in [3.8, 4) is 0 Å². The first-order valence-electron chi connectivity index (χ1n) is 39.0. The number of rotatable bonds is 34. The van der Waals surface area contributed by atoms with Gasteiger partial charge in [-0.1, -0.05) is 197 Å². The van der Waals surface area contributed by atoms with Gasteiger partial charge in [0, 0.05) is 25.8 Å². The Labute approximate surface area is 644 Å². The Morgan fingerprint density at radius 2 is 1.11 bits per heavy atom. The fourth-order valence-electron chi connectivity index (χ4n) is 12.8. The minimum atomic E-state index is -1.82. The largest absolute Gasteiger partial charge is 0.458 e. The van der Waals surface area contributed by atoms with Crippen LogP contribution in [-0.2, 0) is 84.7 Å². The van der Waals surface area contributed by atoms with Crippen molar-refractivity contribution in [1.82, 2.24) is 68.7 Å². The fourth-order valence-corrected chi connectivity index (χ4v) is 12.8. The number of nitrogens with zero attached hydrogens (tertiary/aromatic N) is 1. The third-order valence-electron chi connectivity index (χ3n) is 20.1. The predicted octanol–water partition coefficient (Wildman–Crippen LogP) is 3.70. The highest BCUT2D eigenvalue weighted by molar-refractivity contribution is 6.03. The molecule has 2 heterocycles. The average molecular weight is 1520 g/mol. The highest BCUT2D eigenvalue weighted by Gasteiger charge is 2.44. The molecule has 14 N–H and O–H groups in total. The van der Waals surface area contributed by atoms with Gasteiger partial charge in [0.2, 0.25) is 70.9 Å². The van der Waals surface area contributed by atoms with E-state index in [-0.39, 0.29) is 75.6 Å². The first-order chi connectivity index (χ1) is 51.4. The first-order valence-corrected chi connectivity index (χ1v) is 39.0. The summed E-state index contributed by atoms with van der Waals surface area (Å²) in [6.45, 7) is 30.9. The molecule has 0 spiro atoms. The van der Waals surface area contributed by atoms with E-state index in [0.717, 1.165) is 6.42 Å². The molecule has 15 atom stereocenters. The Morgan fingerprint density at radius 1 is 0.569 bits per heavy atom. The quantitative estimate of drug-likeness (QED) is 0.0351. The number of nitrogens with one attached hydrogen (secondary N) is 12. The van der Waals surface area contributed by atoms with E-state index < -0.39 is 191 Å². The number of carbonyl (C=O) groups excluding carboxylic acids is 14. The molecule has 0 unspecified atom stereocenters. The summed E-state index contributed by atoms with van der Waals surface area (Å²) in [6, 6.07) is 1.91. The van der Waals surface area contributed by atoms with Crippen LogP contribution in [-0.4, -0.2) is 179 Å². The van der Waals surface area contributed by atoms with Gasteiger partial charge in [0.25, 0.3) is 5.91 Å². The van der Waals surface area contributed by atoms with Crippen molar-refractivity contribution in [2.45, 2.75) is 274 Å². The average Bonchev–Trinajstić information content (AvgIpc) is 1.80. The molecule has 4 rings (SSSR count). The summed E-state index contributed by atoms with van der Waals surface area (Å²) in [4.78, 5) is 204. The zero-order valence-corrected chi connectivity index (χ0v) is 67.3. The number of nitrogens with two attached hydrogens (primary N) is 1. The second-order valence-electron chi connectivity index (χ2n) is 31.2. The molecular weight excluding hydrogens is 1400 g/mol. The third-order valence-corrected chi connectivity index (χ3v) is 20.1. The van der Waals surface area contributed by atoms with Crippen molar-refractivity contribution in [3.63, 3.8) is 0 Å². The van der Waals surface area contributed by atoms with E-state index in [1.165, 1.54) is 24.8 Å². The van der Waals surface area contributed by atoms with E-state index in [0.29, 0.717) is 36.3 Å². The summed E-state index contributed by atoms with van der Waals surface area (Å²) in [5, 5.41) is 33.1. The molecule has 2 aromatic rings. The van der Waals surface area contributed by atoms with E-state index in [4.69, 9.17) is 10.5 Å². The molecule has 13 amide bonds. The number of likely N-dealkylation sites (tertiary alicyclic amines) is 1. The van der Waals surface area contributed by atoms with Crippen molar-refractivity contribution in [2.75, 3.05) is 13.1 Å². The molecule has 2 aliphatic rings. The molecule has 0 saturated carbocycles. The van der Waals surface area contributed by atoms with Crippen LogP contribution in [0.4, 0.5) is 0 Å². The van der Waals surface area contributed by atoms with Crippen LogP contribution in [0.15, 0.2) is 72.4 Å². The van der Waals surface area contributed by atoms with E-state index in [9.17, 15) is 57.5 Å². The Bertz CT molecular complexity index is 3440. The normalized spacial score (nSPS) is 21.8. The molecule has 2 fully saturated rings. The van der Waals surface area contributed by atoms with Crippen LogP contribution < -0.4 is 69.5 Å². The lowest BCUT2D eigenvalue weighted by Crippen LogP contribution is -2.64. The molecule has 0 bridgehead atoms. The maximum Gasteiger partial charge on any atom is 0.329 e. The molecule has 2 saturated heterocycles. The maximum absolute atomic E-state index is 15.1. The first kappa shape index (κ1) is 92.1. The van der Waals surface area contributed by atoms with Gasteiger partial charge in [-0.25, -0.2) is 4.79 Å². The molecule has 29 heteroatoms. The Morgan fingerprint density at radius 3 is 1.66 bits per heavy atom.